The molecule has 0 bridgehead atoms. The summed E-state index contributed by atoms with van der Waals surface area (Å²) in [6.45, 7) is 4.46. The van der Waals surface area contributed by atoms with Crippen LogP contribution in [0.3, 0.4) is 0 Å². The van der Waals surface area contributed by atoms with Crippen molar-refractivity contribution in [1.82, 2.24) is 4.57 Å². The van der Waals surface area contributed by atoms with Crippen LogP contribution in [-0.2, 0) is 7.05 Å². The van der Waals surface area contributed by atoms with Crippen LogP contribution < -0.4 is 4.80 Å². The molecular weight excluding hydrogens is 168 g/mol. The van der Waals surface area contributed by atoms with Gasteiger partial charge in [-0.1, -0.05) is 13.8 Å². The van der Waals surface area contributed by atoms with E-state index in [0.717, 1.165) is 4.80 Å². The molecular formula is C9H16N2S. The van der Waals surface area contributed by atoms with Crippen molar-refractivity contribution in [3.8, 4) is 0 Å². The predicted octanol–water partition coefficient (Wildman–Crippen LogP) is 2.13. The Morgan fingerprint density at radius 1 is 1.67 bits per heavy atom. The summed E-state index contributed by atoms with van der Waals surface area (Å²) < 4.78 is 2.18. The molecule has 1 unspecified atom stereocenters. The number of nitrogens with zero attached hydrogens (tertiary/aromatic N) is 2. The number of hydrogen-bond acceptors (Lipinski definition) is 2. The summed E-state index contributed by atoms with van der Waals surface area (Å²) in [6.07, 6.45) is 1.19. The number of aromatic nitrogens is 1. The van der Waals surface area contributed by atoms with Crippen LogP contribution in [0.25, 0.3) is 0 Å². The highest BCUT2D eigenvalue weighted by molar-refractivity contribution is 7.07. The molecule has 2 nitrogen and oxygen atoms in total. The van der Waals surface area contributed by atoms with Crippen molar-refractivity contribution < 1.29 is 0 Å². The molecule has 1 rings (SSSR count). The maximum Gasteiger partial charge on any atom is 0.184 e. The Morgan fingerprint density at radius 2 is 2.33 bits per heavy atom. The van der Waals surface area contributed by atoms with E-state index in [9.17, 15) is 0 Å². The lowest BCUT2D eigenvalue weighted by Gasteiger charge is -2.08. The number of rotatable bonds is 2. The zero-order chi connectivity index (χ0) is 9.14. The van der Waals surface area contributed by atoms with Gasteiger partial charge in [-0.25, -0.2) is 0 Å². The predicted molar refractivity (Wildman–Crippen MR) is 53.5 cm³/mol. The highest BCUT2D eigenvalue weighted by Gasteiger charge is 2.07. The third-order valence-electron chi connectivity index (χ3n) is 2.27. The van der Waals surface area contributed by atoms with Crippen molar-refractivity contribution in [1.29, 1.82) is 0 Å². The van der Waals surface area contributed by atoms with Crippen molar-refractivity contribution in [3.63, 3.8) is 0 Å². The first-order chi connectivity index (χ1) is 5.70. The molecule has 0 aliphatic rings. The summed E-state index contributed by atoms with van der Waals surface area (Å²) in [5.41, 5.74) is 1.39. The zero-order valence-electron chi connectivity index (χ0n) is 8.16. The minimum absolute atomic E-state index is 0.641. The first-order valence-electron chi connectivity index (χ1n) is 4.28. The Morgan fingerprint density at radius 3 is 2.75 bits per heavy atom. The van der Waals surface area contributed by atoms with Gasteiger partial charge in [-0.3, -0.25) is 4.99 Å². The Hall–Kier alpha value is -0.570. The van der Waals surface area contributed by atoms with Crippen molar-refractivity contribution in [3.05, 3.63) is 15.9 Å². The number of hydrogen-bond donors (Lipinski definition) is 0. The van der Waals surface area contributed by atoms with E-state index in [1.807, 2.05) is 7.05 Å². The SMILES string of the molecule is CCC(C)c1csc(=NC)n1C. The number of thiazole rings is 1. The average Bonchev–Trinajstić information content (AvgIpc) is 2.45. The maximum absolute atomic E-state index is 4.19. The van der Waals surface area contributed by atoms with Crippen molar-refractivity contribution in [2.75, 3.05) is 7.05 Å². The summed E-state index contributed by atoms with van der Waals surface area (Å²) in [7, 11) is 3.92. The monoisotopic (exact) mass is 184 g/mol. The van der Waals surface area contributed by atoms with Crippen LogP contribution in [-0.4, -0.2) is 11.6 Å². The summed E-state index contributed by atoms with van der Waals surface area (Å²) in [6, 6.07) is 0. The Bertz CT molecular complexity index is 309. The molecule has 0 amide bonds. The van der Waals surface area contributed by atoms with Gasteiger partial charge >= 0.3 is 0 Å². The normalized spacial score (nSPS) is 15.2. The van der Waals surface area contributed by atoms with Crippen LogP contribution in [0.1, 0.15) is 31.9 Å². The zero-order valence-corrected chi connectivity index (χ0v) is 8.98. The molecule has 0 aromatic carbocycles. The third kappa shape index (κ3) is 1.61. The van der Waals surface area contributed by atoms with Gasteiger partial charge in [0.25, 0.3) is 0 Å². The lowest BCUT2D eigenvalue weighted by Crippen LogP contribution is -2.13. The molecule has 0 saturated heterocycles. The molecule has 1 heterocycles. The van der Waals surface area contributed by atoms with E-state index in [-0.39, 0.29) is 0 Å². The highest BCUT2D eigenvalue weighted by atomic mass is 32.1. The van der Waals surface area contributed by atoms with Crippen LogP contribution in [0.2, 0.25) is 0 Å². The molecule has 1 atom stereocenters. The first-order valence-corrected chi connectivity index (χ1v) is 5.15. The van der Waals surface area contributed by atoms with Gasteiger partial charge < -0.3 is 4.57 Å². The van der Waals surface area contributed by atoms with E-state index in [4.69, 9.17) is 0 Å². The van der Waals surface area contributed by atoms with E-state index in [0.29, 0.717) is 5.92 Å². The molecule has 0 saturated carbocycles. The summed E-state index contributed by atoms with van der Waals surface area (Å²) in [4.78, 5) is 5.29. The second-order valence-electron chi connectivity index (χ2n) is 3.04. The molecule has 0 aliphatic heterocycles. The van der Waals surface area contributed by atoms with Crippen LogP contribution in [0, 0.1) is 0 Å². The van der Waals surface area contributed by atoms with Crippen molar-refractivity contribution in [2.45, 2.75) is 26.2 Å². The van der Waals surface area contributed by atoms with Gasteiger partial charge in [0, 0.05) is 25.2 Å². The molecule has 0 aliphatic carbocycles. The van der Waals surface area contributed by atoms with Gasteiger partial charge in [0.2, 0.25) is 0 Å². The van der Waals surface area contributed by atoms with Crippen LogP contribution in [0.15, 0.2) is 10.4 Å². The smallest absolute Gasteiger partial charge is 0.184 e. The quantitative estimate of drug-likeness (QED) is 0.670. The molecule has 0 fully saturated rings. The van der Waals surface area contributed by atoms with Crippen molar-refractivity contribution >= 4 is 11.3 Å². The van der Waals surface area contributed by atoms with Crippen molar-refractivity contribution in [2.24, 2.45) is 12.0 Å². The minimum atomic E-state index is 0.641. The summed E-state index contributed by atoms with van der Waals surface area (Å²) in [5.74, 6) is 0.641. The molecule has 1 aromatic heterocycles. The molecule has 1 aromatic rings. The Labute approximate surface area is 77.6 Å². The fraction of sp³-hybridized carbons (Fsp3) is 0.667. The van der Waals surface area contributed by atoms with Gasteiger partial charge in [-0.15, -0.1) is 11.3 Å². The topological polar surface area (TPSA) is 17.3 Å². The molecule has 0 radical (unpaired) electrons. The van der Waals surface area contributed by atoms with Gasteiger partial charge in [0.15, 0.2) is 4.80 Å². The molecule has 12 heavy (non-hydrogen) atoms. The Balaban J connectivity index is 3.11. The van der Waals surface area contributed by atoms with E-state index in [2.05, 4.69) is 35.8 Å². The molecule has 0 N–H and O–H groups in total. The standard InChI is InChI=1S/C9H16N2S/c1-5-7(2)8-6-12-9(10-3)11(8)4/h6-7H,5H2,1-4H3. The fourth-order valence-electron chi connectivity index (χ4n) is 1.24. The third-order valence-corrected chi connectivity index (χ3v) is 3.29. The largest absolute Gasteiger partial charge is 0.324 e. The highest BCUT2D eigenvalue weighted by Crippen LogP contribution is 2.17. The van der Waals surface area contributed by atoms with E-state index < -0.39 is 0 Å². The van der Waals surface area contributed by atoms with E-state index >= 15 is 0 Å². The average molecular weight is 184 g/mol. The van der Waals surface area contributed by atoms with E-state index in [1.54, 1.807) is 11.3 Å². The van der Waals surface area contributed by atoms with Crippen LogP contribution >= 0.6 is 11.3 Å². The second-order valence-corrected chi connectivity index (χ2v) is 3.87. The fourth-order valence-corrected chi connectivity index (χ4v) is 2.23. The molecule has 0 spiro atoms. The molecule has 68 valence electrons. The summed E-state index contributed by atoms with van der Waals surface area (Å²) >= 11 is 1.72. The van der Waals surface area contributed by atoms with E-state index in [1.165, 1.54) is 12.1 Å². The minimum Gasteiger partial charge on any atom is -0.324 e. The van der Waals surface area contributed by atoms with Gasteiger partial charge in [0.1, 0.15) is 0 Å². The molecule has 3 heteroatoms. The lowest BCUT2D eigenvalue weighted by molar-refractivity contribution is 0.654. The van der Waals surface area contributed by atoms with Crippen LogP contribution in [0.4, 0.5) is 0 Å². The van der Waals surface area contributed by atoms with Gasteiger partial charge in [-0.2, -0.15) is 0 Å². The second kappa shape index (κ2) is 3.90. The first kappa shape index (κ1) is 9.52. The maximum atomic E-state index is 4.19. The summed E-state index contributed by atoms with van der Waals surface area (Å²) in [5, 5.41) is 2.20. The van der Waals surface area contributed by atoms with Gasteiger partial charge in [-0.05, 0) is 12.3 Å². The Kier molecular flexibility index (Phi) is 3.09. The van der Waals surface area contributed by atoms with Gasteiger partial charge in [0.05, 0.1) is 0 Å². The van der Waals surface area contributed by atoms with Crippen LogP contribution in [0.5, 0.6) is 0 Å². The lowest BCUT2D eigenvalue weighted by atomic mass is 10.1.